The van der Waals surface area contributed by atoms with Crippen molar-refractivity contribution < 1.29 is 4.39 Å². The van der Waals surface area contributed by atoms with Crippen LogP contribution < -0.4 is 5.32 Å². The van der Waals surface area contributed by atoms with Gasteiger partial charge in [-0.2, -0.15) is 0 Å². The van der Waals surface area contributed by atoms with Gasteiger partial charge >= 0.3 is 0 Å². The monoisotopic (exact) mass is 251 g/mol. The molecule has 1 nitrogen and oxygen atoms in total. The minimum Gasteiger partial charge on any atom is -0.316 e. The highest BCUT2D eigenvalue weighted by atomic mass is 19.1. The summed E-state index contributed by atoms with van der Waals surface area (Å²) in [5.41, 5.74) is 0.849. The fourth-order valence-electron chi connectivity index (χ4n) is 2.24. The van der Waals surface area contributed by atoms with Crippen molar-refractivity contribution in [2.24, 2.45) is 11.8 Å². The number of hydrogen-bond acceptors (Lipinski definition) is 1. The summed E-state index contributed by atoms with van der Waals surface area (Å²) in [6.45, 7) is 8.63. The molecular weight excluding hydrogens is 225 g/mol. The van der Waals surface area contributed by atoms with E-state index in [0.29, 0.717) is 11.8 Å². The Kier molecular flexibility index (Phi) is 6.96. The maximum Gasteiger partial charge on any atom is 0.126 e. The van der Waals surface area contributed by atoms with E-state index in [0.717, 1.165) is 37.9 Å². The lowest BCUT2D eigenvalue weighted by molar-refractivity contribution is 0.415. The molecule has 0 aliphatic heterocycles. The molecule has 102 valence electrons. The molecule has 1 unspecified atom stereocenters. The van der Waals surface area contributed by atoms with Gasteiger partial charge in [0, 0.05) is 0 Å². The first-order valence-corrected chi connectivity index (χ1v) is 7.07. The SMILES string of the molecule is CCCC(CNCC(C)C)Cc1ccccc1F. The van der Waals surface area contributed by atoms with Crippen LogP contribution in [0.3, 0.4) is 0 Å². The topological polar surface area (TPSA) is 12.0 Å². The van der Waals surface area contributed by atoms with Gasteiger partial charge in [-0.1, -0.05) is 45.4 Å². The number of rotatable bonds is 8. The van der Waals surface area contributed by atoms with E-state index < -0.39 is 0 Å². The molecule has 0 saturated heterocycles. The van der Waals surface area contributed by atoms with Crippen molar-refractivity contribution in [2.75, 3.05) is 13.1 Å². The first kappa shape index (κ1) is 15.2. The Hall–Kier alpha value is -0.890. The molecule has 1 atom stereocenters. The van der Waals surface area contributed by atoms with Crippen molar-refractivity contribution in [2.45, 2.75) is 40.0 Å². The van der Waals surface area contributed by atoms with Crippen LogP contribution >= 0.6 is 0 Å². The third-order valence-corrected chi connectivity index (χ3v) is 3.15. The van der Waals surface area contributed by atoms with E-state index in [9.17, 15) is 4.39 Å². The summed E-state index contributed by atoms with van der Waals surface area (Å²) in [6.07, 6.45) is 3.15. The zero-order valence-electron chi connectivity index (χ0n) is 11.9. The smallest absolute Gasteiger partial charge is 0.126 e. The fraction of sp³-hybridized carbons (Fsp3) is 0.625. The molecule has 1 N–H and O–H groups in total. The van der Waals surface area contributed by atoms with E-state index >= 15 is 0 Å². The van der Waals surface area contributed by atoms with Crippen molar-refractivity contribution in [3.05, 3.63) is 35.6 Å². The summed E-state index contributed by atoms with van der Waals surface area (Å²) >= 11 is 0. The standard InChI is InChI=1S/C16H26FN/c1-4-7-14(12-18-11-13(2)3)10-15-8-5-6-9-16(15)17/h5-6,8-9,13-14,18H,4,7,10-12H2,1-3H3. The largest absolute Gasteiger partial charge is 0.316 e. The molecule has 1 rings (SSSR count). The Balaban J connectivity index is 2.49. The highest BCUT2D eigenvalue weighted by Gasteiger charge is 2.11. The van der Waals surface area contributed by atoms with Crippen molar-refractivity contribution in [1.82, 2.24) is 5.32 Å². The minimum absolute atomic E-state index is 0.0672. The molecule has 1 aromatic carbocycles. The Morgan fingerprint density at radius 3 is 2.50 bits per heavy atom. The Bertz CT molecular complexity index is 336. The lowest BCUT2D eigenvalue weighted by Crippen LogP contribution is -2.27. The maximum absolute atomic E-state index is 13.6. The van der Waals surface area contributed by atoms with Gasteiger partial charge in [0.25, 0.3) is 0 Å². The first-order valence-electron chi connectivity index (χ1n) is 7.07. The van der Waals surface area contributed by atoms with E-state index in [1.165, 1.54) is 0 Å². The zero-order chi connectivity index (χ0) is 13.4. The predicted molar refractivity (Wildman–Crippen MR) is 76.2 cm³/mol. The van der Waals surface area contributed by atoms with E-state index in [4.69, 9.17) is 0 Å². The van der Waals surface area contributed by atoms with Gasteiger partial charge in [-0.15, -0.1) is 0 Å². The third kappa shape index (κ3) is 5.63. The normalized spacial score (nSPS) is 12.9. The second kappa shape index (κ2) is 8.25. The molecule has 0 spiro atoms. The number of benzene rings is 1. The van der Waals surface area contributed by atoms with E-state index in [2.05, 4.69) is 26.1 Å². The van der Waals surface area contributed by atoms with Crippen molar-refractivity contribution in [3.63, 3.8) is 0 Å². The second-order valence-corrected chi connectivity index (χ2v) is 5.50. The Labute approximate surface area is 111 Å². The van der Waals surface area contributed by atoms with Gasteiger partial charge in [-0.3, -0.25) is 0 Å². The summed E-state index contributed by atoms with van der Waals surface area (Å²) in [6, 6.07) is 7.13. The van der Waals surface area contributed by atoms with Crippen LogP contribution in [0, 0.1) is 17.7 Å². The summed E-state index contributed by atoms with van der Waals surface area (Å²) < 4.78 is 13.6. The van der Waals surface area contributed by atoms with Crippen molar-refractivity contribution >= 4 is 0 Å². The van der Waals surface area contributed by atoms with Gasteiger partial charge in [0.05, 0.1) is 0 Å². The minimum atomic E-state index is -0.0672. The molecule has 0 radical (unpaired) electrons. The molecular formula is C16H26FN. The average molecular weight is 251 g/mol. The number of hydrogen-bond donors (Lipinski definition) is 1. The molecule has 2 heteroatoms. The van der Waals surface area contributed by atoms with Gasteiger partial charge in [0.2, 0.25) is 0 Å². The van der Waals surface area contributed by atoms with Gasteiger partial charge in [0.15, 0.2) is 0 Å². The first-order chi connectivity index (χ1) is 8.63. The molecule has 1 aromatic rings. The van der Waals surface area contributed by atoms with E-state index in [1.807, 2.05) is 12.1 Å². The predicted octanol–water partition coefficient (Wildman–Crippen LogP) is 4.03. The van der Waals surface area contributed by atoms with Crippen molar-refractivity contribution in [3.8, 4) is 0 Å². The van der Waals surface area contributed by atoms with Crippen LogP contribution in [0.15, 0.2) is 24.3 Å². The highest BCUT2D eigenvalue weighted by molar-refractivity contribution is 5.17. The highest BCUT2D eigenvalue weighted by Crippen LogP contribution is 2.16. The lowest BCUT2D eigenvalue weighted by Gasteiger charge is -2.18. The molecule has 0 aromatic heterocycles. The van der Waals surface area contributed by atoms with Crippen LogP contribution in [-0.4, -0.2) is 13.1 Å². The second-order valence-electron chi connectivity index (χ2n) is 5.50. The van der Waals surface area contributed by atoms with Gasteiger partial charge < -0.3 is 5.32 Å². The molecule has 0 heterocycles. The average Bonchev–Trinajstić information content (AvgIpc) is 2.32. The maximum atomic E-state index is 13.6. The molecule has 0 fully saturated rings. The molecule has 0 aliphatic carbocycles. The van der Waals surface area contributed by atoms with Crippen LogP contribution in [-0.2, 0) is 6.42 Å². The van der Waals surface area contributed by atoms with Crippen LogP contribution in [0.4, 0.5) is 4.39 Å². The third-order valence-electron chi connectivity index (χ3n) is 3.15. The van der Waals surface area contributed by atoms with Crippen LogP contribution in [0.2, 0.25) is 0 Å². The van der Waals surface area contributed by atoms with Crippen LogP contribution in [0.25, 0.3) is 0 Å². The molecule has 0 bridgehead atoms. The van der Waals surface area contributed by atoms with Gasteiger partial charge in [0.1, 0.15) is 5.82 Å². The molecule has 18 heavy (non-hydrogen) atoms. The van der Waals surface area contributed by atoms with E-state index in [1.54, 1.807) is 12.1 Å². The van der Waals surface area contributed by atoms with Gasteiger partial charge in [-0.05, 0) is 49.4 Å². The summed E-state index contributed by atoms with van der Waals surface area (Å²) in [7, 11) is 0. The molecule has 0 amide bonds. The zero-order valence-corrected chi connectivity index (χ0v) is 11.9. The fourth-order valence-corrected chi connectivity index (χ4v) is 2.24. The molecule has 0 aliphatic rings. The summed E-state index contributed by atoms with van der Waals surface area (Å²) in [5, 5.41) is 3.49. The van der Waals surface area contributed by atoms with Crippen LogP contribution in [0.5, 0.6) is 0 Å². The Morgan fingerprint density at radius 1 is 1.17 bits per heavy atom. The number of nitrogens with one attached hydrogen (secondary N) is 1. The lowest BCUT2D eigenvalue weighted by atomic mass is 9.94. The molecule has 0 saturated carbocycles. The Morgan fingerprint density at radius 2 is 1.89 bits per heavy atom. The van der Waals surface area contributed by atoms with Gasteiger partial charge in [-0.25, -0.2) is 4.39 Å². The quantitative estimate of drug-likeness (QED) is 0.735. The van der Waals surface area contributed by atoms with Crippen molar-refractivity contribution in [1.29, 1.82) is 0 Å². The van der Waals surface area contributed by atoms with Crippen LogP contribution in [0.1, 0.15) is 39.2 Å². The summed E-state index contributed by atoms with van der Waals surface area (Å²) in [5.74, 6) is 1.13. The number of halogens is 1. The summed E-state index contributed by atoms with van der Waals surface area (Å²) in [4.78, 5) is 0. The van der Waals surface area contributed by atoms with E-state index in [-0.39, 0.29) is 5.82 Å².